The van der Waals surface area contributed by atoms with Crippen LogP contribution >= 0.6 is 0 Å². The van der Waals surface area contributed by atoms with Crippen LogP contribution in [0.2, 0.25) is 0 Å². The monoisotopic (exact) mass is 351 g/mol. The van der Waals surface area contributed by atoms with Gasteiger partial charge < -0.3 is 0 Å². The number of sulfonamides is 1. The molecule has 0 aromatic heterocycles. The van der Waals surface area contributed by atoms with E-state index in [4.69, 9.17) is 0 Å². The van der Waals surface area contributed by atoms with Crippen LogP contribution in [0.15, 0.2) is 83.8 Å². The summed E-state index contributed by atoms with van der Waals surface area (Å²) in [6.07, 6.45) is 0. The normalized spacial score (nSPS) is 11.3. The third-order valence-corrected chi connectivity index (χ3v) is 6.04. The Labute approximate surface area is 149 Å². The molecule has 0 N–H and O–H groups in total. The van der Waals surface area contributed by atoms with E-state index in [1.54, 1.807) is 6.07 Å². The second kappa shape index (κ2) is 7.11. The molecule has 0 aliphatic carbocycles. The lowest BCUT2D eigenvalue weighted by Gasteiger charge is -2.25. The van der Waals surface area contributed by atoms with Gasteiger partial charge in [-0.2, -0.15) is 0 Å². The van der Waals surface area contributed by atoms with Crippen molar-refractivity contribution in [1.29, 1.82) is 0 Å². The molecule has 25 heavy (non-hydrogen) atoms. The minimum atomic E-state index is -3.67. The third-order valence-electron chi connectivity index (χ3n) is 4.12. The maximum Gasteiger partial charge on any atom is 0.264 e. The highest BCUT2D eigenvalue weighted by atomic mass is 32.2. The van der Waals surface area contributed by atoms with E-state index in [-0.39, 0.29) is 0 Å². The molecule has 128 valence electrons. The topological polar surface area (TPSA) is 37.4 Å². The second-order valence-electron chi connectivity index (χ2n) is 6.10. The zero-order chi connectivity index (χ0) is 17.9. The first-order chi connectivity index (χ1) is 12.0. The highest BCUT2D eigenvalue weighted by molar-refractivity contribution is 7.92. The molecule has 0 aliphatic rings. The average Bonchev–Trinajstić information content (AvgIpc) is 2.63. The molecule has 0 heterocycles. The number of hydrogen-bond donors (Lipinski definition) is 0. The predicted molar refractivity (Wildman–Crippen MR) is 102 cm³/mol. The van der Waals surface area contributed by atoms with E-state index in [1.807, 2.05) is 86.6 Å². The lowest BCUT2D eigenvalue weighted by Crippen LogP contribution is -2.31. The summed E-state index contributed by atoms with van der Waals surface area (Å²) in [6.45, 7) is 4.03. The van der Waals surface area contributed by atoms with Gasteiger partial charge in [-0.3, -0.25) is 4.31 Å². The van der Waals surface area contributed by atoms with Crippen LogP contribution in [0, 0.1) is 13.8 Å². The first-order valence-electron chi connectivity index (χ1n) is 8.17. The Balaban J connectivity index is 2.12. The van der Waals surface area contributed by atoms with Crippen molar-refractivity contribution in [2.45, 2.75) is 25.3 Å². The van der Waals surface area contributed by atoms with E-state index in [0.29, 0.717) is 17.1 Å². The first-order valence-corrected chi connectivity index (χ1v) is 9.61. The van der Waals surface area contributed by atoms with Crippen molar-refractivity contribution in [1.82, 2.24) is 0 Å². The molecular weight excluding hydrogens is 330 g/mol. The Morgan fingerprint density at radius 1 is 0.800 bits per heavy atom. The van der Waals surface area contributed by atoms with Crippen LogP contribution in [0.3, 0.4) is 0 Å². The van der Waals surface area contributed by atoms with Crippen molar-refractivity contribution in [3.63, 3.8) is 0 Å². The second-order valence-corrected chi connectivity index (χ2v) is 7.93. The Kier molecular flexibility index (Phi) is 4.91. The summed E-state index contributed by atoms with van der Waals surface area (Å²) in [4.78, 5) is 0.354. The minimum Gasteiger partial charge on any atom is -0.262 e. The van der Waals surface area contributed by atoms with Crippen LogP contribution in [-0.4, -0.2) is 8.42 Å². The van der Waals surface area contributed by atoms with E-state index < -0.39 is 10.0 Å². The van der Waals surface area contributed by atoms with Crippen molar-refractivity contribution in [2.75, 3.05) is 4.31 Å². The summed E-state index contributed by atoms with van der Waals surface area (Å²) in [5, 5.41) is 0. The fourth-order valence-corrected chi connectivity index (χ4v) is 4.53. The molecule has 3 aromatic rings. The van der Waals surface area contributed by atoms with Crippen LogP contribution in [0.5, 0.6) is 0 Å². The third kappa shape index (κ3) is 3.74. The summed E-state index contributed by atoms with van der Waals surface area (Å²) >= 11 is 0. The lowest BCUT2D eigenvalue weighted by atomic mass is 10.2. The standard InChI is InChI=1S/C21H21NO2S/c1-17-13-14-18(2)21(15-17)25(23,24)22(20-11-7-4-8-12-20)16-19-9-5-3-6-10-19/h3-15H,16H2,1-2H3. The van der Waals surface area contributed by atoms with Gasteiger partial charge in [-0.1, -0.05) is 60.7 Å². The molecule has 0 amide bonds. The van der Waals surface area contributed by atoms with Crippen molar-refractivity contribution in [3.8, 4) is 0 Å². The number of aryl methyl sites for hydroxylation is 2. The minimum absolute atomic E-state index is 0.292. The summed E-state index contributed by atoms with van der Waals surface area (Å²) in [6, 6.07) is 24.4. The number of para-hydroxylation sites is 1. The molecule has 4 heteroatoms. The molecule has 0 radical (unpaired) electrons. The van der Waals surface area contributed by atoms with Gasteiger partial charge in [0, 0.05) is 0 Å². The molecule has 3 rings (SSSR count). The van der Waals surface area contributed by atoms with Crippen LogP contribution in [0.4, 0.5) is 5.69 Å². The van der Waals surface area contributed by atoms with Gasteiger partial charge in [0.05, 0.1) is 17.1 Å². The molecule has 0 aliphatic heterocycles. The van der Waals surface area contributed by atoms with Crippen LogP contribution in [-0.2, 0) is 16.6 Å². The average molecular weight is 351 g/mol. The van der Waals surface area contributed by atoms with E-state index in [9.17, 15) is 8.42 Å². The predicted octanol–water partition coefficient (Wildman–Crippen LogP) is 4.70. The van der Waals surface area contributed by atoms with E-state index >= 15 is 0 Å². The molecule has 3 aromatic carbocycles. The van der Waals surface area contributed by atoms with Gasteiger partial charge in [0.2, 0.25) is 0 Å². The molecule has 0 saturated heterocycles. The SMILES string of the molecule is Cc1ccc(C)c(S(=O)(=O)N(Cc2ccccc2)c2ccccc2)c1. The van der Waals surface area contributed by atoms with Gasteiger partial charge in [-0.15, -0.1) is 0 Å². The lowest BCUT2D eigenvalue weighted by molar-refractivity contribution is 0.589. The Bertz CT molecular complexity index is 952. The van der Waals surface area contributed by atoms with E-state index in [2.05, 4.69) is 0 Å². The first kappa shape index (κ1) is 17.2. The molecule has 0 saturated carbocycles. The van der Waals surface area contributed by atoms with Gasteiger partial charge in [0.15, 0.2) is 0 Å². The highest BCUT2D eigenvalue weighted by Gasteiger charge is 2.26. The van der Waals surface area contributed by atoms with Gasteiger partial charge >= 0.3 is 0 Å². The van der Waals surface area contributed by atoms with Crippen molar-refractivity contribution >= 4 is 15.7 Å². The van der Waals surface area contributed by atoms with Crippen molar-refractivity contribution < 1.29 is 8.42 Å². The molecule has 0 unspecified atom stereocenters. The summed E-state index contributed by atoms with van der Waals surface area (Å²) < 4.78 is 28.3. The van der Waals surface area contributed by atoms with Gasteiger partial charge in [0.1, 0.15) is 0 Å². The Hall–Kier alpha value is -2.59. The molecule has 3 nitrogen and oxygen atoms in total. The van der Waals surface area contributed by atoms with E-state index in [1.165, 1.54) is 4.31 Å². The maximum atomic E-state index is 13.4. The van der Waals surface area contributed by atoms with Crippen LogP contribution in [0.25, 0.3) is 0 Å². The fraction of sp³-hybridized carbons (Fsp3) is 0.143. The van der Waals surface area contributed by atoms with Gasteiger partial charge in [-0.25, -0.2) is 8.42 Å². The number of nitrogens with zero attached hydrogens (tertiary/aromatic N) is 1. The summed E-state index contributed by atoms with van der Waals surface area (Å²) in [5.74, 6) is 0. The van der Waals surface area contributed by atoms with Crippen molar-refractivity contribution in [2.24, 2.45) is 0 Å². The number of hydrogen-bond acceptors (Lipinski definition) is 2. The molecule has 0 spiro atoms. The zero-order valence-electron chi connectivity index (χ0n) is 14.4. The smallest absolute Gasteiger partial charge is 0.262 e. The number of anilines is 1. The molecule has 0 atom stereocenters. The number of rotatable bonds is 5. The number of benzene rings is 3. The summed E-state index contributed by atoms with van der Waals surface area (Å²) in [5.41, 5.74) is 3.28. The fourth-order valence-electron chi connectivity index (χ4n) is 2.76. The van der Waals surface area contributed by atoms with Crippen molar-refractivity contribution in [3.05, 3.63) is 95.6 Å². The van der Waals surface area contributed by atoms with Crippen LogP contribution in [0.1, 0.15) is 16.7 Å². The molecule has 0 fully saturated rings. The van der Waals surface area contributed by atoms with Crippen LogP contribution < -0.4 is 4.31 Å². The Morgan fingerprint density at radius 2 is 1.40 bits per heavy atom. The molecular formula is C21H21NO2S. The zero-order valence-corrected chi connectivity index (χ0v) is 15.2. The largest absolute Gasteiger partial charge is 0.264 e. The van der Waals surface area contributed by atoms with Gasteiger partial charge in [-0.05, 0) is 48.7 Å². The molecule has 0 bridgehead atoms. The highest BCUT2D eigenvalue weighted by Crippen LogP contribution is 2.28. The quantitative estimate of drug-likeness (QED) is 0.668. The Morgan fingerprint density at radius 3 is 2.04 bits per heavy atom. The summed E-state index contributed by atoms with van der Waals surface area (Å²) in [7, 11) is -3.67. The van der Waals surface area contributed by atoms with Gasteiger partial charge in [0.25, 0.3) is 10.0 Å². The maximum absolute atomic E-state index is 13.4. The van der Waals surface area contributed by atoms with E-state index in [0.717, 1.165) is 16.7 Å².